The van der Waals surface area contributed by atoms with Crippen LogP contribution >= 0.6 is 11.8 Å². The molecule has 1 atom stereocenters. The minimum atomic E-state index is -0.460. The van der Waals surface area contributed by atoms with E-state index in [1.54, 1.807) is 0 Å². The van der Waals surface area contributed by atoms with Crippen LogP contribution in [0.3, 0.4) is 0 Å². The molecule has 0 saturated carbocycles. The number of hydrogen-bond acceptors (Lipinski definition) is 5. The van der Waals surface area contributed by atoms with Gasteiger partial charge in [0, 0.05) is 30.3 Å². The minimum absolute atomic E-state index is 0.353. The zero-order valence-corrected chi connectivity index (χ0v) is 12.9. The molecule has 1 aromatic rings. The largest absolute Gasteiger partial charge is 0.389 e. The van der Waals surface area contributed by atoms with Gasteiger partial charge in [0.15, 0.2) is 0 Å². The fourth-order valence-electron chi connectivity index (χ4n) is 1.57. The van der Waals surface area contributed by atoms with Crippen LogP contribution in [0.15, 0.2) is 35.2 Å². The molecule has 0 aliphatic heterocycles. The van der Waals surface area contributed by atoms with Crippen molar-refractivity contribution in [2.45, 2.75) is 17.9 Å². The number of aliphatic hydroxyl groups excluding tert-OH is 1. The highest BCUT2D eigenvalue weighted by Crippen LogP contribution is 2.15. The Labute approximate surface area is 125 Å². The fraction of sp³-hybridized carbons (Fsp3) is 0.600. The summed E-state index contributed by atoms with van der Waals surface area (Å²) >= 11 is 1.81. The Kier molecular flexibility index (Phi) is 10.6. The van der Waals surface area contributed by atoms with Gasteiger partial charge in [0.2, 0.25) is 0 Å². The van der Waals surface area contributed by atoms with Gasteiger partial charge in [-0.05, 0) is 19.1 Å². The van der Waals surface area contributed by atoms with E-state index in [2.05, 4.69) is 17.4 Å². The van der Waals surface area contributed by atoms with Crippen LogP contribution in [0.25, 0.3) is 0 Å². The number of hydrogen-bond donors (Lipinski definition) is 2. The molecule has 5 heteroatoms. The highest BCUT2D eigenvalue weighted by molar-refractivity contribution is 7.99. The molecule has 0 radical (unpaired) electrons. The third kappa shape index (κ3) is 9.34. The Balaban J connectivity index is 1.90. The second-order valence-electron chi connectivity index (χ2n) is 4.29. The van der Waals surface area contributed by atoms with Gasteiger partial charge in [-0.2, -0.15) is 0 Å². The Morgan fingerprint density at radius 1 is 1.20 bits per heavy atom. The molecule has 0 bridgehead atoms. The van der Waals surface area contributed by atoms with E-state index in [-0.39, 0.29) is 0 Å². The smallest absolute Gasteiger partial charge is 0.0897 e. The van der Waals surface area contributed by atoms with E-state index in [0.29, 0.717) is 33.0 Å². The predicted octanol–water partition coefficient (Wildman–Crippen LogP) is 1.78. The highest BCUT2D eigenvalue weighted by atomic mass is 32.2. The normalized spacial score (nSPS) is 12.5. The van der Waals surface area contributed by atoms with Crippen molar-refractivity contribution in [2.24, 2.45) is 0 Å². The second-order valence-corrected chi connectivity index (χ2v) is 5.46. The standard InChI is InChI=1S/C15H25NO3S/c1-2-18-9-10-19-13-14(17)12-16-8-11-20-15-6-4-3-5-7-15/h3-7,14,16-17H,2,8-13H2,1H3. The third-order valence-electron chi connectivity index (χ3n) is 2.56. The van der Waals surface area contributed by atoms with Crippen LogP contribution in [0.5, 0.6) is 0 Å². The first kappa shape index (κ1) is 17.5. The van der Waals surface area contributed by atoms with Crippen LogP contribution in [-0.2, 0) is 9.47 Å². The van der Waals surface area contributed by atoms with Crippen molar-refractivity contribution in [3.8, 4) is 0 Å². The van der Waals surface area contributed by atoms with Gasteiger partial charge in [0.25, 0.3) is 0 Å². The van der Waals surface area contributed by atoms with Crippen LogP contribution in [0.4, 0.5) is 0 Å². The summed E-state index contributed by atoms with van der Waals surface area (Å²) in [7, 11) is 0. The first-order valence-corrected chi connectivity index (χ1v) is 8.03. The minimum Gasteiger partial charge on any atom is -0.389 e. The van der Waals surface area contributed by atoms with E-state index in [1.807, 2.05) is 36.9 Å². The Morgan fingerprint density at radius 3 is 2.70 bits per heavy atom. The molecule has 0 fully saturated rings. The van der Waals surface area contributed by atoms with Crippen molar-refractivity contribution < 1.29 is 14.6 Å². The van der Waals surface area contributed by atoms with Crippen LogP contribution in [0.2, 0.25) is 0 Å². The molecule has 0 heterocycles. The van der Waals surface area contributed by atoms with E-state index < -0.39 is 6.10 Å². The molecular weight excluding hydrogens is 274 g/mol. The monoisotopic (exact) mass is 299 g/mol. The molecule has 1 unspecified atom stereocenters. The Morgan fingerprint density at radius 2 is 1.95 bits per heavy atom. The van der Waals surface area contributed by atoms with Crippen molar-refractivity contribution in [3.63, 3.8) is 0 Å². The molecule has 20 heavy (non-hydrogen) atoms. The number of rotatable bonds is 12. The van der Waals surface area contributed by atoms with Crippen LogP contribution in [0.1, 0.15) is 6.92 Å². The van der Waals surface area contributed by atoms with Gasteiger partial charge in [0.1, 0.15) is 0 Å². The summed E-state index contributed by atoms with van der Waals surface area (Å²) in [6, 6.07) is 10.3. The van der Waals surface area contributed by atoms with Gasteiger partial charge in [-0.15, -0.1) is 11.8 Å². The molecule has 114 valence electrons. The summed E-state index contributed by atoms with van der Waals surface area (Å²) in [5, 5.41) is 12.9. The lowest BCUT2D eigenvalue weighted by atomic mass is 10.4. The molecule has 0 amide bonds. The van der Waals surface area contributed by atoms with Crippen molar-refractivity contribution in [1.82, 2.24) is 5.32 Å². The van der Waals surface area contributed by atoms with Crippen molar-refractivity contribution in [3.05, 3.63) is 30.3 Å². The van der Waals surface area contributed by atoms with Crippen molar-refractivity contribution in [2.75, 3.05) is 45.3 Å². The lowest BCUT2D eigenvalue weighted by Gasteiger charge is -2.12. The lowest BCUT2D eigenvalue weighted by molar-refractivity contribution is 0.00669. The summed E-state index contributed by atoms with van der Waals surface area (Å²) in [4.78, 5) is 1.27. The molecule has 0 saturated heterocycles. The number of ether oxygens (including phenoxy) is 2. The molecule has 0 spiro atoms. The maximum Gasteiger partial charge on any atom is 0.0897 e. The molecule has 1 rings (SSSR count). The fourth-order valence-corrected chi connectivity index (χ4v) is 2.40. The molecule has 0 aromatic heterocycles. The van der Waals surface area contributed by atoms with Crippen molar-refractivity contribution >= 4 is 11.8 Å². The second kappa shape index (κ2) is 12.2. The van der Waals surface area contributed by atoms with Gasteiger partial charge >= 0.3 is 0 Å². The number of benzene rings is 1. The van der Waals surface area contributed by atoms with Gasteiger partial charge in [-0.25, -0.2) is 0 Å². The van der Waals surface area contributed by atoms with Crippen molar-refractivity contribution in [1.29, 1.82) is 0 Å². The maximum absolute atomic E-state index is 9.69. The van der Waals surface area contributed by atoms with Gasteiger partial charge < -0.3 is 19.9 Å². The first-order chi connectivity index (χ1) is 9.83. The molecule has 0 aliphatic rings. The number of thioether (sulfide) groups is 1. The summed E-state index contributed by atoms with van der Waals surface area (Å²) < 4.78 is 10.4. The Hall–Kier alpha value is -0.590. The van der Waals surface area contributed by atoms with E-state index in [1.165, 1.54) is 4.90 Å². The van der Waals surface area contributed by atoms with Gasteiger partial charge in [-0.1, -0.05) is 18.2 Å². The van der Waals surface area contributed by atoms with Gasteiger partial charge in [0.05, 0.1) is 25.9 Å². The highest BCUT2D eigenvalue weighted by Gasteiger charge is 2.03. The first-order valence-electron chi connectivity index (χ1n) is 7.05. The lowest BCUT2D eigenvalue weighted by Crippen LogP contribution is -2.32. The number of nitrogens with one attached hydrogen (secondary N) is 1. The number of aliphatic hydroxyl groups is 1. The van der Waals surface area contributed by atoms with Gasteiger partial charge in [-0.3, -0.25) is 0 Å². The average molecular weight is 299 g/mol. The molecule has 2 N–H and O–H groups in total. The van der Waals surface area contributed by atoms with E-state index in [9.17, 15) is 5.11 Å². The average Bonchev–Trinajstić information content (AvgIpc) is 2.48. The topological polar surface area (TPSA) is 50.7 Å². The molecule has 1 aromatic carbocycles. The zero-order valence-electron chi connectivity index (χ0n) is 12.1. The quantitative estimate of drug-likeness (QED) is 0.455. The van der Waals surface area contributed by atoms with E-state index >= 15 is 0 Å². The third-order valence-corrected chi connectivity index (χ3v) is 3.57. The molecular formula is C15H25NO3S. The van der Waals surface area contributed by atoms with Crippen LogP contribution in [-0.4, -0.2) is 56.5 Å². The van der Waals surface area contributed by atoms with Crippen LogP contribution < -0.4 is 5.32 Å². The zero-order chi connectivity index (χ0) is 14.5. The summed E-state index contributed by atoms with van der Waals surface area (Å²) in [5.41, 5.74) is 0. The summed E-state index contributed by atoms with van der Waals surface area (Å²) in [6.45, 7) is 5.56. The molecule has 0 aliphatic carbocycles. The summed E-state index contributed by atoms with van der Waals surface area (Å²) in [5.74, 6) is 0.988. The summed E-state index contributed by atoms with van der Waals surface area (Å²) in [6.07, 6.45) is -0.460. The Bertz CT molecular complexity index is 324. The van der Waals surface area contributed by atoms with E-state index in [0.717, 1.165) is 12.3 Å². The van der Waals surface area contributed by atoms with E-state index in [4.69, 9.17) is 9.47 Å². The van der Waals surface area contributed by atoms with Crippen LogP contribution in [0, 0.1) is 0 Å². The maximum atomic E-state index is 9.69. The molecule has 4 nitrogen and oxygen atoms in total. The predicted molar refractivity (Wildman–Crippen MR) is 83.4 cm³/mol. The SMILES string of the molecule is CCOCCOCC(O)CNCCSc1ccccc1.